The molecule has 6 heteroatoms. The van der Waals surface area contributed by atoms with Crippen LogP contribution in [0.25, 0.3) is 0 Å². The summed E-state index contributed by atoms with van der Waals surface area (Å²) < 4.78 is 29.4. The number of rotatable bonds is 2. The Bertz CT molecular complexity index is 705. The molecule has 106 valence electrons. The number of hydrogen-bond donors (Lipinski definition) is 0. The average Bonchev–Trinajstić information content (AvgIpc) is 2.72. The van der Waals surface area contributed by atoms with Gasteiger partial charge in [0.25, 0.3) is 0 Å². The number of aromatic nitrogens is 3. The molecule has 1 aliphatic rings. The molecule has 1 atom stereocenters. The van der Waals surface area contributed by atoms with Crippen LogP contribution in [-0.4, -0.2) is 14.3 Å². The van der Waals surface area contributed by atoms with Gasteiger partial charge < -0.3 is 0 Å². The summed E-state index contributed by atoms with van der Waals surface area (Å²) in [6, 6.07) is 3.35. The van der Waals surface area contributed by atoms with Crippen molar-refractivity contribution in [3.63, 3.8) is 0 Å². The van der Waals surface area contributed by atoms with Crippen molar-refractivity contribution in [3.05, 3.63) is 51.7 Å². The lowest BCUT2D eigenvalue weighted by Crippen LogP contribution is -2.28. The van der Waals surface area contributed by atoms with Gasteiger partial charge in [-0.3, -0.25) is 4.57 Å². The van der Waals surface area contributed by atoms with Crippen molar-refractivity contribution in [3.8, 4) is 0 Å². The molecule has 1 aliphatic heterocycles. The predicted molar refractivity (Wildman–Crippen MR) is 69.6 cm³/mol. The summed E-state index contributed by atoms with van der Waals surface area (Å²) in [5.74, 6) is -0.299. The number of hydrogen-bond acceptors (Lipinski definition) is 2. The van der Waals surface area contributed by atoms with E-state index in [1.807, 2.05) is 6.92 Å². The highest BCUT2D eigenvalue weighted by Crippen LogP contribution is 2.23. The number of benzene rings is 1. The average molecular weight is 279 g/mol. The quantitative estimate of drug-likeness (QED) is 0.846. The molecule has 3 rings (SSSR count). The van der Waals surface area contributed by atoms with Crippen molar-refractivity contribution in [1.29, 1.82) is 0 Å². The molecule has 0 aliphatic carbocycles. The Balaban J connectivity index is 1.97. The Morgan fingerprint density at radius 2 is 2.20 bits per heavy atom. The highest BCUT2D eigenvalue weighted by Gasteiger charge is 2.22. The maximum absolute atomic E-state index is 13.6. The Kier molecular flexibility index (Phi) is 3.16. The minimum Gasteiger partial charge on any atom is -0.279 e. The van der Waals surface area contributed by atoms with E-state index in [-0.39, 0.29) is 23.7 Å². The van der Waals surface area contributed by atoms with E-state index in [2.05, 4.69) is 5.10 Å². The van der Waals surface area contributed by atoms with Crippen molar-refractivity contribution in [2.24, 2.45) is 0 Å². The number of nitrogens with zero attached hydrogens (tertiary/aromatic N) is 3. The second-order valence-corrected chi connectivity index (χ2v) is 5.23. The molecule has 0 amide bonds. The fourth-order valence-corrected chi connectivity index (χ4v) is 2.63. The summed E-state index contributed by atoms with van der Waals surface area (Å²) in [4.78, 5) is 12.2. The Hall–Kier alpha value is -1.98. The molecule has 0 bridgehead atoms. The van der Waals surface area contributed by atoms with Crippen LogP contribution in [0.2, 0.25) is 0 Å². The van der Waals surface area contributed by atoms with E-state index in [0.717, 1.165) is 24.7 Å². The van der Waals surface area contributed by atoms with Gasteiger partial charge in [0.1, 0.15) is 17.5 Å². The van der Waals surface area contributed by atoms with Gasteiger partial charge in [-0.05, 0) is 18.9 Å². The van der Waals surface area contributed by atoms with Crippen molar-refractivity contribution in [2.75, 3.05) is 0 Å². The Morgan fingerprint density at radius 1 is 1.40 bits per heavy atom. The van der Waals surface area contributed by atoms with Gasteiger partial charge in [-0.25, -0.2) is 18.3 Å². The zero-order valence-corrected chi connectivity index (χ0v) is 11.1. The molecule has 4 nitrogen and oxygen atoms in total. The smallest absolute Gasteiger partial charge is 0.279 e. The van der Waals surface area contributed by atoms with Crippen LogP contribution in [0.5, 0.6) is 0 Å². The summed E-state index contributed by atoms with van der Waals surface area (Å²) in [5.41, 5.74) is 0.0341. The first kappa shape index (κ1) is 13.0. The lowest BCUT2D eigenvalue weighted by atomic mass is 10.0. The van der Waals surface area contributed by atoms with Crippen LogP contribution in [0.1, 0.15) is 37.1 Å². The highest BCUT2D eigenvalue weighted by molar-refractivity contribution is 5.18. The minimum absolute atomic E-state index is 0.0255. The van der Waals surface area contributed by atoms with Gasteiger partial charge in [0.05, 0.1) is 6.54 Å². The van der Waals surface area contributed by atoms with Crippen molar-refractivity contribution in [1.82, 2.24) is 14.3 Å². The van der Waals surface area contributed by atoms with E-state index in [1.54, 1.807) is 4.57 Å². The van der Waals surface area contributed by atoms with Crippen molar-refractivity contribution in [2.45, 2.75) is 38.8 Å². The largest absolute Gasteiger partial charge is 0.346 e. The molecule has 0 radical (unpaired) electrons. The first-order chi connectivity index (χ1) is 9.56. The third-order valence-corrected chi connectivity index (χ3v) is 3.75. The monoisotopic (exact) mass is 279 g/mol. The second-order valence-electron chi connectivity index (χ2n) is 5.23. The second kappa shape index (κ2) is 4.85. The lowest BCUT2D eigenvalue weighted by molar-refractivity contribution is 0.457. The summed E-state index contributed by atoms with van der Waals surface area (Å²) in [6.45, 7) is 2.71. The molecule has 1 aromatic carbocycles. The lowest BCUT2D eigenvalue weighted by Gasteiger charge is -2.17. The van der Waals surface area contributed by atoms with Crippen LogP contribution in [0.3, 0.4) is 0 Å². The van der Waals surface area contributed by atoms with E-state index in [9.17, 15) is 13.6 Å². The topological polar surface area (TPSA) is 39.8 Å². The molecule has 0 N–H and O–H groups in total. The minimum atomic E-state index is -0.657. The molecule has 0 fully saturated rings. The van der Waals surface area contributed by atoms with Gasteiger partial charge in [-0.1, -0.05) is 13.0 Å². The van der Waals surface area contributed by atoms with Crippen LogP contribution >= 0.6 is 0 Å². The summed E-state index contributed by atoms with van der Waals surface area (Å²) in [7, 11) is 0. The first-order valence-corrected chi connectivity index (χ1v) is 6.67. The number of halogens is 2. The van der Waals surface area contributed by atoms with Gasteiger partial charge in [-0.2, -0.15) is 5.10 Å². The molecule has 2 aromatic rings. The molecular weight excluding hydrogens is 264 g/mol. The zero-order chi connectivity index (χ0) is 14.3. The molecule has 1 aromatic heterocycles. The molecular formula is C14H15F2N3O. The number of fused-ring (bicyclic) bond motifs is 1. The predicted octanol–water partition coefficient (Wildman–Crippen LogP) is 2.27. The fourth-order valence-electron chi connectivity index (χ4n) is 2.63. The van der Waals surface area contributed by atoms with Gasteiger partial charge in [0.2, 0.25) is 0 Å². The molecule has 20 heavy (non-hydrogen) atoms. The van der Waals surface area contributed by atoms with Gasteiger partial charge >= 0.3 is 5.69 Å². The standard InChI is InChI=1S/C14H15F2N3O/c1-9-3-2-6-18-13(9)17-19(14(18)20)8-10-4-5-11(15)7-12(10)16/h4-5,7,9H,2-3,6,8H2,1H3/t9-/m1/s1. The highest BCUT2D eigenvalue weighted by atomic mass is 19.1. The van der Waals surface area contributed by atoms with Crippen molar-refractivity contribution >= 4 is 0 Å². The zero-order valence-electron chi connectivity index (χ0n) is 11.1. The molecule has 0 spiro atoms. The molecule has 0 saturated carbocycles. The van der Waals surface area contributed by atoms with E-state index >= 15 is 0 Å². The van der Waals surface area contributed by atoms with Crippen LogP contribution in [0.15, 0.2) is 23.0 Å². The fraction of sp³-hybridized carbons (Fsp3) is 0.429. The Labute approximate surface area is 114 Å². The SMILES string of the molecule is C[C@@H]1CCCn2c1nn(Cc1ccc(F)cc1F)c2=O. The Morgan fingerprint density at radius 3 is 2.90 bits per heavy atom. The third kappa shape index (κ3) is 2.15. The van der Waals surface area contributed by atoms with Gasteiger partial charge in [-0.15, -0.1) is 0 Å². The maximum atomic E-state index is 13.6. The third-order valence-electron chi connectivity index (χ3n) is 3.75. The maximum Gasteiger partial charge on any atom is 0.346 e. The normalized spacial score (nSPS) is 18.1. The van der Waals surface area contributed by atoms with E-state index in [4.69, 9.17) is 0 Å². The summed E-state index contributed by atoms with van der Waals surface area (Å²) in [5, 5.41) is 4.30. The molecule has 2 heterocycles. The first-order valence-electron chi connectivity index (χ1n) is 6.67. The van der Waals surface area contributed by atoms with Crippen LogP contribution < -0.4 is 5.69 Å². The van der Waals surface area contributed by atoms with Gasteiger partial charge in [0, 0.05) is 24.1 Å². The van der Waals surface area contributed by atoms with Crippen LogP contribution in [0.4, 0.5) is 8.78 Å². The summed E-state index contributed by atoms with van der Waals surface area (Å²) >= 11 is 0. The summed E-state index contributed by atoms with van der Waals surface area (Å²) in [6.07, 6.45) is 1.95. The van der Waals surface area contributed by atoms with Crippen molar-refractivity contribution < 1.29 is 8.78 Å². The van der Waals surface area contributed by atoms with Crippen LogP contribution in [-0.2, 0) is 13.1 Å². The van der Waals surface area contributed by atoms with E-state index in [1.165, 1.54) is 16.8 Å². The van der Waals surface area contributed by atoms with Crippen LogP contribution in [0, 0.1) is 11.6 Å². The molecule has 0 saturated heterocycles. The van der Waals surface area contributed by atoms with E-state index < -0.39 is 11.6 Å². The van der Waals surface area contributed by atoms with E-state index in [0.29, 0.717) is 6.54 Å². The molecule has 0 unspecified atom stereocenters. The van der Waals surface area contributed by atoms with Gasteiger partial charge in [0.15, 0.2) is 0 Å².